The highest BCUT2D eigenvalue weighted by Crippen LogP contribution is 2.26. The molecule has 0 amide bonds. The first-order chi connectivity index (χ1) is 9.61. The van der Waals surface area contributed by atoms with E-state index in [1.807, 2.05) is 24.3 Å². The van der Waals surface area contributed by atoms with Gasteiger partial charge < -0.3 is 5.73 Å². The molecule has 0 spiro atoms. The summed E-state index contributed by atoms with van der Waals surface area (Å²) in [4.78, 5) is 4.44. The molecule has 0 saturated carbocycles. The van der Waals surface area contributed by atoms with E-state index in [1.54, 1.807) is 18.2 Å². The van der Waals surface area contributed by atoms with Gasteiger partial charge in [-0.25, -0.2) is 4.98 Å². The van der Waals surface area contributed by atoms with Gasteiger partial charge in [-0.05, 0) is 42.5 Å². The third-order valence-corrected chi connectivity index (χ3v) is 3.23. The monoisotopic (exact) mass is 304 g/mol. The minimum Gasteiger partial charge on any atom is -0.399 e. The van der Waals surface area contributed by atoms with Crippen molar-refractivity contribution in [2.75, 3.05) is 5.73 Å². The Balaban J connectivity index is 1.99. The fourth-order valence-electron chi connectivity index (χ4n) is 1.84. The highest BCUT2D eigenvalue weighted by atomic mass is 35.5. The SMILES string of the molecule is Nc1ccc(-c2nc(-c3cc(Cl)cc(Cl)c3)n[nH]2)cc1. The molecule has 0 bridgehead atoms. The van der Waals surface area contributed by atoms with E-state index in [-0.39, 0.29) is 0 Å². The first kappa shape index (κ1) is 13.0. The Morgan fingerprint density at radius 2 is 1.55 bits per heavy atom. The number of nitrogens with two attached hydrogens (primary N) is 1. The second-order valence-electron chi connectivity index (χ2n) is 4.29. The third kappa shape index (κ3) is 2.61. The first-order valence-corrected chi connectivity index (χ1v) is 6.62. The number of hydrogen-bond acceptors (Lipinski definition) is 3. The van der Waals surface area contributed by atoms with Crippen LogP contribution in [0.1, 0.15) is 0 Å². The minimum absolute atomic E-state index is 0.543. The van der Waals surface area contributed by atoms with Gasteiger partial charge in [-0.2, -0.15) is 5.10 Å². The maximum atomic E-state index is 5.98. The molecule has 0 saturated heterocycles. The van der Waals surface area contributed by atoms with Crippen molar-refractivity contribution in [2.45, 2.75) is 0 Å². The number of aromatic amines is 1. The highest BCUT2D eigenvalue weighted by Gasteiger charge is 2.09. The molecule has 3 N–H and O–H groups in total. The first-order valence-electron chi connectivity index (χ1n) is 5.86. The topological polar surface area (TPSA) is 67.6 Å². The quantitative estimate of drug-likeness (QED) is 0.702. The Morgan fingerprint density at radius 3 is 2.20 bits per heavy atom. The summed E-state index contributed by atoms with van der Waals surface area (Å²) >= 11 is 12.0. The van der Waals surface area contributed by atoms with Crippen molar-refractivity contribution in [3.8, 4) is 22.8 Å². The summed E-state index contributed by atoms with van der Waals surface area (Å²) in [5.41, 5.74) is 8.04. The molecule has 3 rings (SSSR count). The number of nitrogen functional groups attached to an aromatic ring is 1. The lowest BCUT2D eigenvalue weighted by Crippen LogP contribution is -1.85. The second-order valence-corrected chi connectivity index (χ2v) is 5.16. The molecule has 0 fully saturated rings. The molecule has 100 valence electrons. The van der Waals surface area contributed by atoms with E-state index in [0.29, 0.717) is 27.4 Å². The number of rotatable bonds is 2. The molecule has 1 heterocycles. The van der Waals surface area contributed by atoms with E-state index in [2.05, 4.69) is 15.2 Å². The van der Waals surface area contributed by atoms with Gasteiger partial charge in [0.05, 0.1) is 0 Å². The lowest BCUT2D eigenvalue weighted by Gasteiger charge is -1.98. The molecule has 0 radical (unpaired) electrons. The van der Waals surface area contributed by atoms with Crippen molar-refractivity contribution in [1.82, 2.24) is 15.2 Å². The number of H-pyrrole nitrogens is 1. The van der Waals surface area contributed by atoms with Crippen molar-refractivity contribution in [1.29, 1.82) is 0 Å². The number of anilines is 1. The highest BCUT2D eigenvalue weighted by molar-refractivity contribution is 6.35. The van der Waals surface area contributed by atoms with Crippen LogP contribution in [-0.2, 0) is 0 Å². The van der Waals surface area contributed by atoms with E-state index < -0.39 is 0 Å². The van der Waals surface area contributed by atoms with Crippen LogP contribution in [0.15, 0.2) is 42.5 Å². The minimum atomic E-state index is 0.543. The number of nitrogens with one attached hydrogen (secondary N) is 1. The number of hydrogen-bond donors (Lipinski definition) is 2. The van der Waals surface area contributed by atoms with Gasteiger partial charge in [0.1, 0.15) is 0 Å². The van der Waals surface area contributed by atoms with Gasteiger partial charge in [-0.15, -0.1) is 0 Å². The van der Waals surface area contributed by atoms with Crippen molar-refractivity contribution in [2.24, 2.45) is 0 Å². The van der Waals surface area contributed by atoms with Gasteiger partial charge in [0.15, 0.2) is 11.6 Å². The summed E-state index contributed by atoms with van der Waals surface area (Å²) in [6.45, 7) is 0. The fourth-order valence-corrected chi connectivity index (χ4v) is 2.37. The third-order valence-electron chi connectivity index (χ3n) is 2.79. The molecular formula is C14H10Cl2N4. The zero-order chi connectivity index (χ0) is 14.1. The normalized spacial score (nSPS) is 10.7. The van der Waals surface area contributed by atoms with Crippen LogP contribution < -0.4 is 5.73 Å². The predicted molar refractivity (Wildman–Crippen MR) is 81.7 cm³/mol. The maximum Gasteiger partial charge on any atom is 0.181 e. The van der Waals surface area contributed by atoms with Crippen molar-refractivity contribution in [3.05, 3.63) is 52.5 Å². The van der Waals surface area contributed by atoms with Gasteiger partial charge in [0, 0.05) is 26.9 Å². The Labute approximate surface area is 125 Å². The molecule has 3 aromatic rings. The maximum absolute atomic E-state index is 5.98. The van der Waals surface area contributed by atoms with Crippen LogP contribution >= 0.6 is 23.2 Å². The van der Waals surface area contributed by atoms with Crippen LogP contribution in [0.2, 0.25) is 10.0 Å². The predicted octanol–water partition coefficient (Wildman–Crippen LogP) is 4.03. The molecule has 1 aromatic heterocycles. The largest absolute Gasteiger partial charge is 0.399 e. The lowest BCUT2D eigenvalue weighted by molar-refractivity contribution is 1.10. The molecule has 0 aliphatic heterocycles. The number of halogens is 2. The second kappa shape index (κ2) is 5.15. The van der Waals surface area contributed by atoms with Crippen LogP contribution in [0.25, 0.3) is 22.8 Å². The average molecular weight is 305 g/mol. The number of benzene rings is 2. The summed E-state index contributed by atoms with van der Waals surface area (Å²) in [5.74, 6) is 1.21. The zero-order valence-electron chi connectivity index (χ0n) is 10.3. The van der Waals surface area contributed by atoms with E-state index in [4.69, 9.17) is 28.9 Å². The Hall–Kier alpha value is -2.04. The van der Waals surface area contributed by atoms with Gasteiger partial charge in [0.25, 0.3) is 0 Å². The van der Waals surface area contributed by atoms with Gasteiger partial charge in [0.2, 0.25) is 0 Å². The molecular weight excluding hydrogens is 295 g/mol. The Kier molecular flexibility index (Phi) is 3.34. The van der Waals surface area contributed by atoms with Crippen LogP contribution in [0.3, 0.4) is 0 Å². The molecule has 2 aromatic carbocycles. The molecule has 0 unspecified atom stereocenters. The van der Waals surface area contributed by atoms with Gasteiger partial charge >= 0.3 is 0 Å². The molecule has 0 aliphatic carbocycles. The van der Waals surface area contributed by atoms with Gasteiger partial charge in [-0.1, -0.05) is 23.2 Å². The van der Waals surface area contributed by atoms with E-state index in [0.717, 1.165) is 11.1 Å². The van der Waals surface area contributed by atoms with Crippen molar-refractivity contribution < 1.29 is 0 Å². The molecule has 0 aliphatic rings. The van der Waals surface area contributed by atoms with E-state index >= 15 is 0 Å². The van der Waals surface area contributed by atoms with Crippen molar-refractivity contribution >= 4 is 28.9 Å². The smallest absolute Gasteiger partial charge is 0.181 e. The Morgan fingerprint density at radius 1 is 0.900 bits per heavy atom. The summed E-state index contributed by atoms with van der Waals surface area (Å²) in [6.07, 6.45) is 0. The average Bonchev–Trinajstić information content (AvgIpc) is 2.88. The standard InChI is InChI=1S/C14H10Cl2N4/c15-10-5-9(6-11(16)7-10)14-18-13(19-20-14)8-1-3-12(17)4-2-8/h1-7H,17H2,(H,18,19,20). The van der Waals surface area contributed by atoms with E-state index in [1.165, 1.54) is 0 Å². The van der Waals surface area contributed by atoms with Crippen LogP contribution in [-0.4, -0.2) is 15.2 Å². The zero-order valence-corrected chi connectivity index (χ0v) is 11.8. The lowest BCUT2D eigenvalue weighted by atomic mass is 10.2. The van der Waals surface area contributed by atoms with Crippen molar-refractivity contribution in [3.63, 3.8) is 0 Å². The molecule has 20 heavy (non-hydrogen) atoms. The fraction of sp³-hybridized carbons (Fsp3) is 0. The number of nitrogens with zero attached hydrogens (tertiary/aromatic N) is 2. The van der Waals surface area contributed by atoms with Gasteiger partial charge in [-0.3, -0.25) is 5.10 Å². The van der Waals surface area contributed by atoms with E-state index in [9.17, 15) is 0 Å². The van der Waals surface area contributed by atoms with Crippen LogP contribution in [0, 0.1) is 0 Å². The summed E-state index contributed by atoms with van der Waals surface area (Å²) in [7, 11) is 0. The van der Waals surface area contributed by atoms with Crippen LogP contribution in [0.5, 0.6) is 0 Å². The van der Waals surface area contributed by atoms with Crippen LogP contribution in [0.4, 0.5) is 5.69 Å². The molecule has 4 nitrogen and oxygen atoms in total. The summed E-state index contributed by atoms with van der Waals surface area (Å²) in [5, 5.41) is 8.17. The number of aromatic nitrogens is 3. The summed E-state index contributed by atoms with van der Waals surface area (Å²) < 4.78 is 0. The molecule has 0 atom stereocenters. The summed E-state index contributed by atoms with van der Waals surface area (Å²) in [6, 6.07) is 12.6. The Bertz CT molecular complexity index is 730. The molecule has 6 heteroatoms.